The van der Waals surface area contributed by atoms with Gasteiger partial charge in [-0.05, 0) is 62.7 Å². The van der Waals surface area contributed by atoms with Crippen molar-refractivity contribution in [2.45, 2.75) is 33.4 Å². The highest BCUT2D eigenvalue weighted by Crippen LogP contribution is 2.32. The summed E-state index contributed by atoms with van der Waals surface area (Å²) in [5.41, 5.74) is 2.32. The Morgan fingerprint density at radius 1 is 1.07 bits per heavy atom. The molecule has 0 fully saturated rings. The molecule has 0 aliphatic carbocycles. The summed E-state index contributed by atoms with van der Waals surface area (Å²) in [4.78, 5) is 26.8. The van der Waals surface area contributed by atoms with Crippen LogP contribution >= 0.6 is 0 Å². The normalized spacial score (nSPS) is 12.9. The lowest BCUT2D eigenvalue weighted by molar-refractivity contribution is -0.129. The summed E-state index contributed by atoms with van der Waals surface area (Å²) < 4.78 is 15.9. The van der Waals surface area contributed by atoms with Gasteiger partial charge in [0.25, 0.3) is 5.91 Å². The van der Waals surface area contributed by atoms with Crippen LogP contribution in [0.25, 0.3) is 0 Å². The van der Waals surface area contributed by atoms with Gasteiger partial charge in [-0.3, -0.25) is 4.79 Å². The number of fused-ring (bicyclic) bond motifs is 1. The molecule has 154 valence electrons. The lowest BCUT2D eigenvalue weighted by Gasteiger charge is -2.21. The third-order valence-corrected chi connectivity index (χ3v) is 4.79. The van der Waals surface area contributed by atoms with E-state index in [1.54, 1.807) is 25.1 Å². The van der Waals surface area contributed by atoms with Crippen molar-refractivity contribution in [2.75, 3.05) is 24.8 Å². The molecule has 1 aliphatic rings. The van der Waals surface area contributed by atoms with Gasteiger partial charge in [0.05, 0.1) is 5.56 Å². The van der Waals surface area contributed by atoms with E-state index < -0.39 is 12.1 Å². The molecule has 0 saturated heterocycles. The molecule has 29 heavy (non-hydrogen) atoms. The average Bonchev–Trinajstić information content (AvgIpc) is 3.21. The molecule has 0 saturated carbocycles. The molecule has 0 aromatic heterocycles. The van der Waals surface area contributed by atoms with E-state index in [0.717, 1.165) is 24.3 Å². The van der Waals surface area contributed by atoms with Crippen LogP contribution in [-0.2, 0) is 16.1 Å². The molecule has 7 nitrogen and oxygen atoms in total. The minimum absolute atomic E-state index is 0.202. The predicted molar refractivity (Wildman–Crippen MR) is 109 cm³/mol. The van der Waals surface area contributed by atoms with Gasteiger partial charge in [-0.2, -0.15) is 0 Å². The molecule has 3 rings (SSSR count). The maximum absolute atomic E-state index is 12.3. The molecule has 0 spiro atoms. The first-order valence-electron chi connectivity index (χ1n) is 9.74. The Kier molecular flexibility index (Phi) is 6.59. The third-order valence-electron chi connectivity index (χ3n) is 4.79. The second-order valence-corrected chi connectivity index (χ2v) is 6.67. The van der Waals surface area contributed by atoms with Crippen molar-refractivity contribution in [3.63, 3.8) is 0 Å². The van der Waals surface area contributed by atoms with Crippen molar-refractivity contribution >= 4 is 17.6 Å². The Bertz CT molecular complexity index is 862. The van der Waals surface area contributed by atoms with Crippen LogP contribution in [-0.4, -0.2) is 37.9 Å². The van der Waals surface area contributed by atoms with Crippen LogP contribution in [0.2, 0.25) is 0 Å². The molecule has 1 amide bonds. The van der Waals surface area contributed by atoms with E-state index in [2.05, 4.69) is 24.1 Å². The maximum atomic E-state index is 12.3. The zero-order valence-electron chi connectivity index (χ0n) is 16.9. The number of nitrogens with zero attached hydrogens (tertiary/aromatic N) is 1. The molecule has 7 heteroatoms. The van der Waals surface area contributed by atoms with E-state index in [1.807, 2.05) is 24.3 Å². The highest BCUT2D eigenvalue weighted by atomic mass is 16.7. The van der Waals surface area contributed by atoms with Crippen LogP contribution in [0.15, 0.2) is 42.5 Å². The summed E-state index contributed by atoms with van der Waals surface area (Å²) in [6, 6.07) is 12.7. The van der Waals surface area contributed by atoms with Gasteiger partial charge in [0, 0.05) is 25.3 Å². The molecule has 0 bridgehead atoms. The van der Waals surface area contributed by atoms with Crippen molar-refractivity contribution in [1.82, 2.24) is 5.32 Å². The van der Waals surface area contributed by atoms with E-state index >= 15 is 0 Å². The number of anilines is 1. The minimum Gasteiger partial charge on any atom is -0.454 e. The van der Waals surface area contributed by atoms with Gasteiger partial charge in [-0.25, -0.2) is 4.79 Å². The Morgan fingerprint density at radius 3 is 2.45 bits per heavy atom. The van der Waals surface area contributed by atoms with Gasteiger partial charge in [-0.1, -0.05) is 6.07 Å². The number of ether oxygens (including phenoxy) is 3. The smallest absolute Gasteiger partial charge is 0.338 e. The highest BCUT2D eigenvalue weighted by Gasteiger charge is 2.19. The molecular formula is C22H26N2O5. The molecule has 0 unspecified atom stereocenters. The summed E-state index contributed by atoms with van der Waals surface area (Å²) in [7, 11) is 0. The molecule has 2 aromatic carbocycles. The molecule has 1 aliphatic heterocycles. The van der Waals surface area contributed by atoms with Gasteiger partial charge in [0.1, 0.15) is 0 Å². The van der Waals surface area contributed by atoms with Gasteiger partial charge >= 0.3 is 5.97 Å². The fourth-order valence-corrected chi connectivity index (χ4v) is 3.06. The van der Waals surface area contributed by atoms with Crippen LogP contribution in [0.1, 0.15) is 36.7 Å². The van der Waals surface area contributed by atoms with E-state index in [1.165, 1.54) is 0 Å². The summed E-state index contributed by atoms with van der Waals surface area (Å²) in [6.07, 6.45) is -0.904. The molecule has 0 radical (unpaired) electrons. The first kappa shape index (κ1) is 20.5. The zero-order valence-corrected chi connectivity index (χ0v) is 16.9. The van der Waals surface area contributed by atoms with Gasteiger partial charge < -0.3 is 24.4 Å². The number of benzene rings is 2. The van der Waals surface area contributed by atoms with Crippen molar-refractivity contribution in [3.05, 3.63) is 53.6 Å². The summed E-state index contributed by atoms with van der Waals surface area (Å²) in [6.45, 7) is 7.99. The average molecular weight is 398 g/mol. The Labute approximate surface area is 170 Å². The zero-order chi connectivity index (χ0) is 20.8. The fourth-order valence-electron chi connectivity index (χ4n) is 3.06. The first-order chi connectivity index (χ1) is 14.0. The maximum Gasteiger partial charge on any atom is 0.338 e. The van der Waals surface area contributed by atoms with Crippen molar-refractivity contribution in [1.29, 1.82) is 0 Å². The fraction of sp³-hybridized carbons (Fsp3) is 0.364. The number of carbonyl (C=O) groups is 2. The molecular weight excluding hydrogens is 372 g/mol. The molecule has 1 N–H and O–H groups in total. The number of hydrogen-bond donors (Lipinski definition) is 1. The molecule has 2 aromatic rings. The van der Waals surface area contributed by atoms with Crippen LogP contribution < -0.4 is 19.7 Å². The Morgan fingerprint density at radius 2 is 1.76 bits per heavy atom. The number of nitrogens with one attached hydrogen (secondary N) is 1. The first-order valence-corrected chi connectivity index (χ1v) is 9.74. The van der Waals surface area contributed by atoms with E-state index in [4.69, 9.17) is 14.2 Å². The number of rotatable bonds is 8. The summed E-state index contributed by atoms with van der Waals surface area (Å²) in [5, 5.41) is 2.77. The minimum atomic E-state index is -0.904. The molecule has 1 atom stereocenters. The van der Waals surface area contributed by atoms with E-state index in [-0.39, 0.29) is 12.7 Å². The van der Waals surface area contributed by atoms with Crippen LogP contribution in [0.5, 0.6) is 11.5 Å². The second-order valence-electron chi connectivity index (χ2n) is 6.67. The largest absolute Gasteiger partial charge is 0.454 e. The molecule has 1 heterocycles. The number of amides is 1. The van der Waals surface area contributed by atoms with Crippen molar-refractivity contribution < 1.29 is 23.8 Å². The summed E-state index contributed by atoms with van der Waals surface area (Å²) in [5.74, 6) is 0.455. The SMILES string of the molecule is CCN(CC)c1ccc(C(=O)O[C@@H](C)C(=O)NCc2ccc3c(c2)OCO3)cc1. The number of esters is 1. The summed E-state index contributed by atoms with van der Waals surface area (Å²) >= 11 is 0. The second kappa shape index (κ2) is 9.32. The quantitative estimate of drug-likeness (QED) is 0.689. The lowest BCUT2D eigenvalue weighted by Crippen LogP contribution is -2.35. The highest BCUT2D eigenvalue weighted by molar-refractivity contribution is 5.92. The van der Waals surface area contributed by atoms with Crippen molar-refractivity contribution in [3.8, 4) is 11.5 Å². The monoisotopic (exact) mass is 398 g/mol. The Balaban J connectivity index is 1.51. The van der Waals surface area contributed by atoms with Gasteiger partial charge in [0.15, 0.2) is 17.6 Å². The topological polar surface area (TPSA) is 77.1 Å². The number of hydrogen-bond acceptors (Lipinski definition) is 6. The van der Waals surface area contributed by atoms with Gasteiger partial charge in [-0.15, -0.1) is 0 Å². The Hall–Kier alpha value is -3.22. The standard InChI is InChI=1S/C22H26N2O5/c1-4-24(5-2)18-9-7-17(8-10-18)22(26)29-15(3)21(25)23-13-16-6-11-19-20(12-16)28-14-27-19/h6-12,15H,4-5,13-14H2,1-3H3,(H,23,25)/t15-/m0/s1. The third kappa shape index (κ3) is 4.99. The van der Waals surface area contributed by atoms with Crippen LogP contribution in [0.3, 0.4) is 0 Å². The van der Waals surface area contributed by atoms with E-state index in [9.17, 15) is 9.59 Å². The van der Waals surface area contributed by atoms with Gasteiger partial charge in [0.2, 0.25) is 6.79 Å². The lowest BCUT2D eigenvalue weighted by atomic mass is 10.2. The predicted octanol–water partition coefficient (Wildman–Crippen LogP) is 3.12. The van der Waals surface area contributed by atoms with Crippen LogP contribution in [0, 0.1) is 0 Å². The number of carbonyl (C=O) groups excluding carboxylic acids is 2. The van der Waals surface area contributed by atoms with Crippen LogP contribution in [0.4, 0.5) is 5.69 Å². The van der Waals surface area contributed by atoms with E-state index in [0.29, 0.717) is 23.6 Å². The van der Waals surface area contributed by atoms with Crippen molar-refractivity contribution in [2.24, 2.45) is 0 Å².